The second kappa shape index (κ2) is 8.32. The fourth-order valence-electron chi connectivity index (χ4n) is 3.38. The molecule has 32 heavy (non-hydrogen) atoms. The Balaban J connectivity index is 1.63. The normalized spacial score (nSPS) is 13.8. The SMILES string of the molecule is Cc1ccc(N=c2scc(-c3ccc4c(c3)NC(=O)CO4)n2N=Cc2ccc[nH]2)cc1C. The molecular weight excluding hydrogens is 422 g/mol. The Morgan fingerprint density at radius 2 is 2.03 bits per heavy atom. The van der Waals surface area contributed by atoms with E-state index in [2.05, 4.69) is 36.3 Å². The maximum Gasteiger partial charge on any atom is 0.262 e. The van der Waals surface area contributed by atoms with E-state index in [1.54, 1.807) is 6.21 Å². The average Bonchev–Trinajstić information content (AvgIpc) is 3.44. The summed E-state index contributed by atoms with van der Waals surface area (Å²) in [5.74, 6) is 0.494. The number of aromatic nitrogens is 2. The lowest BCUT2D eigenvalue weighted by atomic mass is 10.1. The lowest BCUT2D eigenvalue weighted by Gasteiger charge is -2.18. The van der Waals surface area contributed by atoms with Crippen LogP contribution in [-0.4, -0.2) is 28.4 Å². The third-order valence-corrected chi connectivity index (χ3v) is 6.06. The molecule has 0 atom stereocenters. The van der Waals surface area contributed by atoms with Gasteiger partial charge in [0.1, 0.15) is 5.75 Å². The average molecular weight is 444 g/mol. The van der Waals surface area contributed by atoms with E-state index in [1.807, 2.05) is 52.7 Å². The van der Waals surface area contributed by atoms with Crippen molar-refractivity contribution in [3.8, 4) is 17.0 Å². The molecule has 2 N–H and O–H groups in total. The molecule has 0 saturated carbocycles. The van der Waals surface area contributed by atoms with Gasteiger partial charge in [-0.05, 0) is 67.4 Å². The Morgan fingerprint density at radius 1 is 1.12 bits per heavy atom. The topological polar surface area (TPSA) is 83.8 Å². The van der Waals surface area contributed by atoms with Crippen molar-refractivity contribution in [2.45, 2.75) is 13.8 Å². The molecule has 0 radical (unpaired) electrons. The highest BCUT2D eigenvalue weighted by atomic mass is 32.1. The molecule has 0 aliphatic carbocycles. The number of ether oxygens (including phenoxy) is 1. The zero-order chi connectivity index (χ0) is 22.1. The fourth-order valence-corrected chi connectivity index (χ4v) is 4.24. The van der Waals surface area contributed by atoms with Crippen LogP contribution in [0.25, 0.3) is 11.3 Å². The number of carbonyl (C=O) groups is 1. The van der Waals surface area contributed by atoms with Gasteiger partial charge in [0.05, 0.1) is 29.0 Å². The van der Waals surface area contributed by atoms with Gasteiger partial charge < -0.3 is 15.0 Å². The highest BCUT2D eigenvalue weighted by molar-refractivity contribution is 7.07. The Labute approximate surface area is 188 Å². The summed E-state index contributed by atoms with van der Waals surface area (Å²) in [6.45, 7) is 4.20. The van der Waals surface area contributed by atoms with Crippen LogP contribution in [0.1, 0.15) is 16.8 Å². The van der Waals surface area contributed by atoms with Gasteiger partial charge in [0, 0.05) is 17.1 Å². The van der Waals surface area contributed by atoms with Crippen molar-refractivity contribution in [2.24, 2.45) is 10.1 Å². The summed E-state index contributed by atoms with van der Waals surface area (Å²) in [6.07, 6.45) is 3.62. The number of amides is 1. The van der Waals surface area contributed by atoms with Gasteiger partial charge in [0.15, 0.2) is 6.61 Å². The number of H-pyrrole nitrogens is 1. The molecule has 0 saturated heterocycles. The zero-order valence-electron chi connectivity index (χ0n) is 17.6. The van der Waals surface area contributed by atoms with Gasteiger partial charge in [-0.25, -0.2) is 9.67 Å². The van der Waals surface area contributed by atoms with Gasteiger partial charge in [-0.2, -0.15) is 5.10 Å². The van der Waals surface area contributed by atoms with Gasteiger partial charge in [-0.15, -0.1) is 11.3 Å². The smallest absolute Gasteiger partial charge is 0.262 e. The first-order chi connectivity index (χ1) is 15.6. The van der Waals surface area contributed by atoms with Crippen LogP contribution in [0.4, 0.5) is 11.4 Å². The van der Waals surface area contributed by atoms with E-state index in [0.717, 1.165) is 27.4 Å². The largest absolute Gasteiger partial charge is 0.482 e. The summed E-state index contributed by atoms with van der Waals surface area (Å²) in [6, 6.07) is 15.7. The van der Waals surface area contributed by atoms with Crippen LogP contribution >= 0.6 is 11.3 Å². The predicted molar refractivity (Wildman–Crippen MR) is 127 cm³/mol. The van der Waals surface area contributed by atoms with Gasteiger partial charge in [0.2, 0.25) is 4.80 Å². The zero-order valence-corrected chi connectivity index (χ0v) is 18.4. The summed E-state index contributed by atoms with van der Waals surface area (Å²) >= 11 is 1.50. The Bertz CT molecular complexity index is 1400. The van der Waals surface area contributed by atoms with Crippen LogP contribution in [-0.2, 0) is 4.79 Å². The number of thiazole rings is 1. The summed E-state index contributed by atoms with van der Waals surface area (Å²) in [5.41, 5.74) is 6.59. The van der Waals surface area contributed by atoms with Crippen molar-refractivity contribution < 1.29 is 9.53 Å². The summed E-state index contributed by atoms with van der Waals surface area (Å²) in [7, 11) is 0. The van der Waals surface area contributed by atoms with Gasteiger partial charge in [0.25, 0.3) is 5.91 Å². The third-order valence-electron chi connectivity index (χ3n) is 5.24. The molecule has 3 heterocycles. The maximum absolute atomic E-state index is 11.8. The number of rotatable bonds is 4. The minimum Gasteiger partial charge on any atom is -0.482 e. The number of fused-ring (bicyclic) bond motifs is 1. The number of hydrogen-bond acceptors (Lipinski definition) is 5. The van der Waals surface area contributed by atoms with Crippen molar-refractivity contribution in [3.05, 3.63) is 81.7 Å². The lowest BCUT2D eigenvalue weighted by Crippen LogP contribution is -2.25. The summed E-state index contributed by atoms with van der Waals surface area (Å²) < 4.78 is 7.30. The Kier molecular flexibility index (Phi) is 5.20. The van der Waals surface area contributed by atoms with E-state index < -0.39 is 0 Å². The van der Waals surface area contributed by atoms with Crippen LogP contribution in [0.15, 0.2) is 70.2 Å². The molecule has 4 aromatic rings. The van der Waals surface area contributed by atoms with E-state index in [4.69, 9.17) is 14.8 Å². The van der Waals surface area contributed by atoms with Gasteiger partial charge in [-0.1, -0.05) is 6.07 Å². The molecule has 0 fully saturated rings. The monoisotopic (exact) mass is 443 g/mol. The standard InChI is InChI=1S/C24H21N5O2S/c1-15-5-7-18(10-16(15)2)27-24-29(26-12-19-4-3-9-25-19)21(14-32-24)17-6-8-22-20(11-17)28-23(30)13-31-22/h3-12,14,25H,13H2,1-2H3,(H,28,30). The molecule has 2 aromatic carbocycles. The first kappa shape index (κ1) is 20.0. The van der Waals surface area contributed by atoms with E-state index >= 15 is 0 Å². The van der Waals surface area contributed by atoms with Crippen LogP contribution < -0.4 is 14.9 Å². The van der Waals surface area contributed by atoms with E-state index in [-0.39, 0.29) is 12.5 Å². The number of aromatic amines is 1. The molecule has 0 spiro atoms. The predicted octanol–water partition coefficient (Wildman–Crippen LogP) is 4.61. The second-order valence-corrected chi connectivity index (χ2v) is 8.35. The molecular formula is C24H21N5O2S. The van der Waals surface area contributed by atoms with Crippen molar-refractivity contribution in [2.75, 3.05) is 11.9 Å². The molecule has 7 nitrogen and oxygen atoms in total. The molecule has 1 aliphatic heterocycles. The number of nitrogens with one attached hydrogen (secondary N) is 2. The molecule has 5 rings (SSSR count). The van der Waals surface area contributed by atoms with E-state index in [9.17, 15) is 4.79 Å². The molecule has 0 bridgehead atoms. The van der Waals surface area contributed by atoms with Gasteiger partial charge in [-0.3, -0.25) is 4.79 Å². The summed E-state index contributed by atoms with van der Waals surface area (Å²) in [4.78, 5) is 20.5. The Morgan fingerprint density at radius 3 is 2.84 bits per heavy atom. The number of benzene rings is 2. The number of carbonyl (C=O) groups excluding carboxylic acids is 1. The number of anilines is 1. The van der Waals surface area contributed by atoms with E-state index in [1.165, 1.54) is 22.5 Å². The van der Waals surface area contributed by atoms with E-state index in [0.29, 0.717) is 11.4 Å². The summed E-state index contributed by atoms with van der Waals surface area (Å²) in [5, 5.41) is 9.59. The highest BCUT2D eigenvalue weighted by Gasteiger charge is 2.18. The number of hydrogen-bond donors (Lipinski definition) is 2. The Hall–Kier alpha value is -3.91. The number of nitrogens with zero attached hydrogens (tertiary/aromatic N) is 3. The van der Waals surface area contributed by atoms with Crippen LogP contribution in [0, 0.1) is 13.8 Å². The molecule has 160 valence electrons. The quantitative estimate of drug-likeness (QED) is 0.452. The molecule has 1 aliphatic rings. The molecule has 2 aromatic heterocycles. The lowest BCUT2D eigenvalue weighted by molar-refractivity contribution is -0.118. The van der Waals surface area contributed by atoms with Gasteiger partial charge >= 0.3 is 0 Å². The first-order valence-corrected chi connectivity index (χ1v) is 11.0. The molecule has 8 heteroatoms. The number of aryl methyl sites for hydroxylation is 2. The fraction of sp³-hybridized carbons (Fsp3) is 0.125. The molecule has 0 unspecified atom stereocenters. The minimum absolute atomic E-state index is 0.0320. The van der Waals surface area contributed by atoms with Crippen molar-refractivity contribution in [1.29, 1.82) is 0 Å². The van der Waals surface area contributed by atoms with Crippen LogP contribution in [0.3, 0.4) is 0 Å². The first-order valence-electron chi connectivity index (χ1n) is 10.1. The van der Waals surface area contributed by atoms with Crippen molar-refractivity contribution >= 4 is 34.8 Å². The minimum atomic E-state index is -0.164. The highest BCUT2D eigenvalue weighted by Crippen LogP contribution is 2.33. The maximum atomic E-state index is 11.8. The van der Waals surface area contributed by atoms with Crippen LogP contribution in [0.2, 0.25) is 0 Å². The third kappa shape index (κ3) is 4.00. The molecule has 1 amide bonds. The van der Waals surface area contributed by atoms with Crippen molar-refractivity contribution in [1.82, 2.24) is 9.66 Å². The van der Waals surface area contributed by atoms with Crippen LogP contribution in [0.5, 0.6) is 5.75 Å². The van der Waals surface area contributed by atoms with Crippen molar-refractivity contribution in [3.63, 3.8) is 0 Å². The second-order valence-electron chi connectivity index (χ2n) is 7.51.